The smallest absolute Gasteiger partial charge is 0.0474 e. The predicted octanol–water partition coefficient (Wildman–Crippen LogP) is 0.774. The second-order valence-corrected chi connectivity index (χ2v) is 2.92. The van der Waals surface area contributed by atoms with Gasteiger partial charge in [-0.15, -0.1) is 0 Å². The minimum atomic E-state index is 0.274. The third kappa shape index (κ3) is 6.58. The summed E-state index contributed by atoms with van der Waals surface area (Å²) in [5.74, 6) is 0. The lowest BCUT2D eigenvalue weighted by Gasteiger charge is -2.14. The summed E-state index contributed by atoms with van der Waals surface area (Å²) in [6.07, 6.45) is 2.97. The van der Waals surface area contributed by atoms with Crippen LogP contribution < -0.4 is 5.32 Å². The van der Waals surface area contributed by atoms with E-state index in [1.54, 1.807) is 7.11 Å². The molecule has 0 fully saturated rings. The van der Waals surface area contributed by atoms with Crippen molar-refractivity contribution in [3.8, 4) is 0 Å². The lowest BCUT2D eigenvalue weighted by atomic mass is 10.1. The number of hydrogen-bond acceptors (Lipinski definition) is 3. The topological polar surface area (TPSA) is 41.5 Å². The van der Waals surface area contributed by atoms with Crippen LogP contribution in [0.5, 0.6) is 0 Å². The second kappa shape index (κ2) is 8.97. The molecule has 0 aliphatic heterocycles. The molecule has 0 saturated carbocycles. The van der Waals surface area contributed by atoms with Crippen molar-refractivity contribution in [2.24, 2.45) is 0 Å². The molecule has 2 N–H and O–H groups in total. The summed E-state index contributed by atoms with van der Waals surface area (Å²) < 4.78 is 4.93. The van der Waals surface area contributed by atoms with Crippen molar-refractivity contribution in [3.63, 3.8) is 0 Å². The molecule has 0 radical (unpaired) electrons. The van der Waals surface area contributed by atoms with Crippen molar-refractivity contribution < 1.29 is 9.84 Å². The highest BCUT2D eigenvalue weighted by Crippen LogP contribution is 1.95. The van der Waals surface area contributed by atoms with Crippen molar-refractivity contribution in [2.75, 3.05) is 26.9 Å². The van der Waals surface area contributed by atoms with Crippen LogP contribution in [0.25, 0.3) is 0 Å². The van der Waals surface area contributed by atoms with Crippen LogP contribution >= 0.6 is 0 Å². The summed E-state index contributed by atoms with van der Waals surface area (Å²) >= 11 is 0. The monoisotopic (exact) mass is 175 g/mol. The standard InChI is InChI=1S/C9H21NO2/c1-3-9(5-7-11)10-6-4-8-12-2/h9-11H,3-8H2,1-2H3. The van der Waals surface area contributed by atoms with Gasteiger partial charge in [0.2, 0.25) is 0 Å². The Labute approximate surface area is 75.1 Å². The number of nitrogens with one attached hydrogen (secondary N) is 1. The summed E-state index contributed by atoms with van der Waals surface area (Å²) in [5, 5.41) is 12.1. The molecule has 0 spiro atoms. The Kier molecular flexibility index (Phi) is 8.88. The van der Waals surface area contributed by atoms with Gasteiger partial charge in [0, 0.05) is 26.4 Å². The summed E-state index contributed by atoms with van der Waals surface area (Å²) in [5.41, 5.74) is 0. The average molecular weight is 175 g/mol. The fourth-order valence-corrected chi connectivity index (χ4v) is 1.13. The lowest BCUT2D eigenvalue weighted by molar-refractivity contribution is 0.191. The highest BCUT2D eigenvalue weighted by atomic mass is 16.5. The molecule has 0 rings (SSSR count). The molecule has 3 nitrogen and oxygen atoms in total. The predicted molar refractivity (Wildman–Crippen MR) is 50.3 cm³/mol. The number of rotatable bonds is 8. The first kappa shape index (κ1) is 11.9. The first-order chi connectivity index (χ1) is 5.85. The normalized spacial score (nSPS) is 13.2. The van der Waals surface area contributed by atoms with Gasteiger partial charge in [0.1, 0.15) is 0 Å². The van der Waals surface area contributed by atoms with Crippen molar-refractivity contribution in [1.82, 2.24) is 5.32 Å². The van der Waals surface area contributed by atoms with Crippen LogP contribution in [0.3, 0.4) is 0 Å². The number of hydrogen-bond donors (Lipinski definition) is 2. The Bertz CT molecular complexity index is 88.6. The highest BCUT2D eigenvalue weighted by Gasteiger charge is 2.02. The van der Waals surface area contributed by atoms with Gasteiger partial charge < -0.3 is 15.2 Å². The lowest BCUT2D eigenvalue weighted by Crippen LogP contribution is -2.30. The van der Waals surface area contributed by atoms with Crippen molar-refractivity contribution in [1.29, 1.82) is 0 Å². The van der Waals surface area contributed by atoms with E-state index in [1.807, 2.05) is 0 Å². The van der Waals surface area contributed by atoms with E-state index < -0.39 is 0 Å². The van der Waals surface area contributed by atoms with E-state index in [9.17, 15) is 0 Å². The fourth-order valence-electron chi connectivity index (χ4n) is 1.13. The molecule has 0 bridgehead atoms. The van der Waals surface area contributed by atoms with Gasteiger partial charge in [-0.3, -0.25) is 0 Å². The molecule has 1 atom stereocenters. The van der Waals surface area contributed by atoms with Gasteiger partial charge >= 0.3 is 0 Å². The SMILES string of the molecule is CCC(CCO)NCCCOC. The van der Waals surface area contributed by atoms with Crippen LogP contribution in [0.15, 0.2) is 0 Å². The quantitative estimate of drug-likeness (QED) is 0.535. The summed E-state index contributed by atoms with van der Waals surface area (Å²) in [7, 11) is 1.71. The zero-order chi connectivity index (χ0) is 9.23. The summed E-state index contributed by atoms with van der Waals surface area (Å²) in [6, 6.07) is 0.465. The maximum atomic E-state index is 8.71. The van der Waals surface area contributed by atoms with Crippen LogP contribution in [0, 0.1) is 0 Å². The van der Waals surface area contributed by atoms with Crippen LogP contribution in [-0.2, 0) is 4.74 Å². The van der Waals surface area contributed by atoms with Gasteiger partial charge in [0.25, 0.3) is 0 Å². The highest BCUT2D eigenvalue weighted by molar-refractivity contribution is 4.63. The Balaban J connectivity index is 3.19. The van der Waals surface area contributed by atoms with E-state index in [2.05, 4.69) is 12.2 Å². The Morgan fingerprint density at radius 3 is 2.75 bits per heavy atom. The van der Waals surface area contributed by atoms with E-state index in [-0.39, 0.29) is 6.61 Å². The van der Waals surface area contributed by atoms with Crippen LogP contribution in [0.1, 0.15) is 26.2 Å². The molecular formula is C9H21NO2. The van der Waals surface area contributed by atoms with E-state index >= 15 is 0 Å². The maximum absolute atomic E-state index is 8.71. The van der Waals surface area contributed by atoms with Crippen molar-refractivity contribution in [3.05, 3.63) is 0 Å². The molecule has 0 aromatic rings. The molecule has 0 aromatic carbocycles. The molecular weight excluding hydrogens is 154 g/mol. The van der Waals surface area contributed by atoms with Crippen LogP contribution in [0.4, 0.5) is 0 Å². The molecule has 12 heavy (non-hydrogen) atoms. The zero-order valence-corrected chi connectivity index (χ0v) is 8.18. The molecule has 74 valence electrons. The zero-order valence-electron chi connectivity index (χ0n) is 8.18. The first-order valence-electron chi connectivity index (χ1n) is 4.68. The van der Waals surface area contributed by atoms with Gasteiger partial charge in [-0.1, -0.05) is 6.92 Å². The van der Waals surface area contributed by atoms with E-state index in [1.165, 1.54) is 0 Å². The van der Waals surface area contributed by atoms with Gasteiger partial charge in [-0.25, -0.2) is 0 Å². The van der Waals surface area contributed by atoms with Crippen molar-refractivity contribution in [2.45, 2.75) is 32.2 Å². The van der Waals surface area contributed by atoms with Gasteiger partial charge in [-0.2, -0.15) is 0 Å². The summed E-state index contributed by atoms with van der Waals surface area (Å²) in [4.78, 5) is 0. The maximum Gasteiger partial charge on any atom is 0.0474 e. The van der Waals surface area contributed by atoms with Crippen LogP contribution in [0.2, 0.25) is 0 Å². The molecule has 0 aromatic heterocycles. The molecule has 0 aliphatic carbocycles. The Hall–Kier alpha value is -0.120. The van der Waals surface area contributed by atoms with E-state index in [0.29, 0.717) is 6.04 Å². The van der Waals surface area contributed by atoms with E-state index in [4.69, 9.17) is 9.84 Å². The second-order valence-electron chi connectivity index (χ2n) is 2.92. The Morgan fingerprint density at radius 1 is 1.50 bits per heavy atom. The number of aliphatic hydroxyl groups is 1. The largest absolute Gasteiger partial charge is 0.396 e. The molecule has 3 heteroatoms. The minimum Gasteiger partial charge on any atom is -0.396 e. The molecule has 0 amide bonds. The van der Waals surface area contributed by atoms with Gasteiger partial charge in [0.05, 0.1) is 0 Å². The minimum absolute atomic E-state index is 0.274. The van der Waals surface area contributed by atoms with E-state index in [0.717, 1.165) is 32.4 Å². The third-order valence-electron chi connectivity index (χ3n) is 1.93. The molecule has 0 aliphatic rings. The Morgan fingerprint density at radius 2 is 2.25 bits per heavy atom. The van der Waals surface area contributed by atoms with Crippen molar-refractivity contribution >= 4 is 0 Å². The number of aliphatic hydroxyl groups excluding tert-OH is 1. The number of methoxy groups -OCH3 is 1. The summed E-state index contributed by atoms with van der Waals surface area (Å²) in [6.45, 7) is 4.19. The fraction of sp³-hybridized carbons (Fsp3) is 1.00. The third-order valence-corrected chi connectivity index (χ3v) is 1.93. The molecule has 1 unspecified atom stereocenters. The first-order valence-corrected chi connectivity index (χ1v) is 4.68. The van der Waals surface area contributed by atoms with Crippen LogP contribution in [-0.4, -0.2) is 38.0 Å². The molecule has 0 saturated heterocycles. The molecule has 0 heterocycles. The van der Waals surface area contributed by atoms with Gasteiger partial charge in [-0.05, 0) is 25.8 Å². The average Bonchev–Trinajstić information content (AvgIpc) is 2.10. The number of ether oxygens (including phenoxy) is 1. The van der Waals surface area contributed by atoms with Gasteiger partial charge in [0.15, 0.2) is 0 Å².